The van der Waals surface area contributed by atoms with E-state index in [2.05, 4.69) is 0 Å². The highest BCUT2D eigenvalue weighted by atomic mass is 31.2. The van der Waals surface area contributed by atoms with Crippen molar-refractivity contribution in [3.63, 3.8) is 0 Å². The lowest BCUT2D eigenvalue weighted by molar-refractivity contribution is -0.114. The average Bonchev–Trinajstić information content (AvgIpc) is 2.81. The molecule has 150 valence electrons. The summed E-state index contributed by atoms with van der Waals surface area (Å²) in [5.74, 6) is -0.719. The van der Waals surface area contributed by atoms with E-state index in [-0.39, 0.29) is 6.54 Å². The van der Waals surface area contributed by atoms with Crippen LogP contribution in [0.4, 0.5) is 0 Å². The van der Waals surface area contributed by atoms with Crippen LogP contribution in [-0.4, -0.2) is 10.3 Å². The van der Waals surface area contributed by atoms with Crippen LogP contribution in [0, 0.1) is 0 Å². The molecular weight excluding hydrogens is 389 g/mol. The summed E-state index contributed by atoms with van der Waals surface area (Å²) in [6.07, 6.45) is 0. The van der Waals surface area contributed by atoms with Crippen LogP contribution in [-0.2, 0) is 11.1 Å². The number of rotatable bonds is 7. The molecule has 0 aliphatic rings. The number of nitrogens with zero attached hydrogens (tertiary/aromatic N) is 1. The molecule has 4 rings (SSSR count). The fraction of sp³-hybridized carbons (Fsp3) is 0.0769. The Morgan fingerprint density at radius 1 is 0.633 bits per heavy atom. The van der Waals surface area contributed by atoms with Gasteiger partial charge in [-0.25, -0.2) is 0 Å². The number of hydrogen-bond acceptors (Lipinski definition) is 3. The maximum absolute atomic E-state index is 14.9. The monoisotopic (exact) mass is 413 g/mol. The summed E-state index contributed by atoms with van der Waals surface area (Å²) in [5.41, 5.74) is 1.76. The summed E-state index contributed by atoms with van der Waals surface area (Å²) in [6, 6.07) is 38.3. The van der Waals surface area contributed by atoms with E-state index < -0.39 is 12.9 Å². The fourth-order valence-corrected chi connectivity index (χ4v) is 6.92. The van der Waals surface area contributed by atoms with Gasteiger partial charge in [0.25, 0.3) is 0 Å². The maximum atomic E-state index is 14.9. The molecular formula is C26H24NO2P. The topological polar surface area (TPSA) is 40.5 Å². The lowest BCUT2D eigenvalue weighted by atomic mass is 10.2. The molecule has 1 atom stereocenters. The van der Waals surface area contributed by atoms with E-state index in [1.807, 2.05) is 121 Å². The van der Waals surface area contributed by atoms with Gasteiger partial charge >= 0.3 is 0 Å². The van der Waals surface area contributed by atoms with Crippen LogP contribution in [0.1, 0.15) is 16.9 Å². The third-order valence-corrected chi connectivity index (χ3v) is 8.58. The number of hydrogen-bond donors (Lipinski definition) is 1. The van der Waals surface area contributed by atoms with Gasteiger partial charge in [0.1, 0.15) is 5.78 Å². The molecule has 30 heavy (non-hydrogen) atoms. The first kappa shape index (κ1) is 20.3. The average molecular weight is 413 g/mol. The van der Waals surface area contributed by atoms with E-state index in [4.69, 9.17) is 0 Å². The van der Waals surface area contributed by atoms with Gasteiger partial charge < -0.3 is 9.77 Å². The third-order valence-electron chi connectivity index (χ3n) is 5.19. The predicted molar refractivity (Wildman–Crippen MR) is 123 cm³/mol. The van der Waals surface area contributed by atoms with Crippen molar-refractivity contribution in [3.05, 3.63) is 132 Å². The Bertz CT molecular complexity index is 1060. The highest BCUT2D eigenvalue weighted by Crippen LogP contribution is 2.58. The van der Waals surface area contributed by atoms with Crippen LogP contribution < -0.4 is 10.6 Å². The van der Waals surface area contributed by atoms with Crippen LogP contribution in [0.15, 0.2) is 121 Å². The van der Waals surface area contributed by atoms with Crippen LogP contribution in [0.3, 0.4) is 0 Å². The first-order valence-corrected chi connectivity index (χ1v) is 11.7. The first-order valence-electron chi connectivity index (χ1n) is 9.95. The fourth-order valence-electron chi connectivity index (χ4n) is 3.78. The molecule has 0 amide bonds. The van der Waals surface area contributed by atoms with Crippen LogP contribution in [0.5, 0.6) is 0 Å². The Balaban J connectivity index is 1.89. The van der Waals surface area contributed by atoms with E-state index in [1.165, 1.54) is 5.06 Å². The normalized spacial score (nSPS) is 12.6. The van der Waals surface area contributed by atoms with Gasteiger partial charge in [0.05, 0.1) is 6.54 Å². The zero-order valence-electron chi connectivity index (χ0n) is 16.6. The molecule has 0 saturated heterocycles. The SMILES string of the molecule is O=P(c1ccccc1)(c1ccccc1)C(c1ccccc1)N(O)Cc1ccccc1. The number of benzene rings is 4. The molecule has 3 nitrogen and oxygen atoms in total. The predicted octanol–water partition coefficient (Wildman–Crippen LogP) is 5.59. The minimum absolute atomic E-state index is 0.268. The first-order chi connectivity index (χ1) is 14.7. The Labute approximate surface area is 177 Å². The van der Waals surface area contributed by atoms with Crippen LogP contribution in [0.25, 0.3) is 0 Å². The van der Waals surface area contributed by atoms with Gasteiger partial charge in [-0.05, 0) is 11.1 Å². The van der Waals surface area contributed by atoms with E-state index in [1.54, 1.807) is 0 Å². The quantitative estimate of drug-likeness (QED) is 0.317. The van der Waals surface area contributed by atoms with Crippen molar-refractivity contribution in [3.8, 4) is 0 Å². The van der Waals surface area contributed by atoms with Crippen molar-refractivity contribution in [2.75, 3.05) is 0 Å². The minimum Gasteiger partial charge on any atom is -0.313 e. The standard InChI is InChI=1S/C26H24NO2P/c28-27(21-22-13-5-1-6-14-22)26(23-15-7-2-8-16-23)30(29,24-17-9-3-10-18-24)25-19-11-4-12-20-25/h1-20,26,28H,21H2. The molecule has 0 fully saturated rings. The molecule has 0 heterocycles. The zero-order chi connectivity index (χ0) is 20.8. The van der Waals surface area contributed by atoms with Crippen molar-refractivity contribution >= 4 is 17.8 Å². The summed E-state index contributed by atoms with van der Waals surface area (Å²) in [6.45, 7) is 0.268. The Kier molecular flexibility index (Phi) is 6.25. The Hall–Kier alpha value is -2.97. The molecule has 0 radical (unpaired) electrons. The van der Waals surface area contributed by atoms with Gasteiger partial charge in [0.2, 0.25) is 0 Å². The highest BCUT2D eigenvalue weighted by Gasteiger charge is 2.41. The molecule has 4 aromatic carbocycles. The second kappa shape index (κ2) is 9.23. The molecule has 0 aliphatic heterocycles. The molecule has 0 aromatic heterocycles. The minimum atomic E-state index is -3.27. The van der Waals surface area contributed by atoms with Crippen molar-refractivity contribution in [2.24, 2.45) is 0 Å². The zero-order valence-corrected chi connectivity index (χ0v) is 17.5. The molecule has 0 saturated carbocycles. The molecule has 0 aliphatic carbocycles. The van der Waals surface area contributed by atoms with Gasteiger partial charge in [-0.1, -0.05) is 121 Å². The van der Waals surface area contributed by atoms with Crippen LogP contribution in [0.2, 0.25) is 0 Å². The van der Waals surface area contributed by atoms with E-state index in [0.717, 1.165) is 21.7 Å². The van der Waals surface area contributed by atoms with Gasteiger partial charge in [-0.15, -0.1) is 0 Å². The van der Waals surface area contributed by atoms with Crippen LogP contribution >= 0.6 is 7.14 Å². The van der Waals surface area contributed by atoms with E-state index in [0.29, 0.717) is 0 Å². The Morgan fingerprint density at radius 2 is 1.03 bits per heavy atom. The molecule has 1 N–H and O–H groups in total. The van der Waals surface area contributed by atoms with Gasteiger partial charge in [-0.2, -0.15) is 5.06 Å². The summed E-state index contributed by atoms with van der Waals surface area (Å²) < 4.78 is 14.9. The summed E-state index contributed by atoms with van der Waals surface area (Å²) in [7, 11) is -3.27. The second-order valence-corrected chi connectivity index (χ2v) is 10.0. The summed E-state index contributed by atoms with van der Waals surface area (Å²) >= 11 is 0. The van der Waals surface area contributed by atoms with E-state index >= 15 is 0 Å². The maximum Gasteiger partial charge on any atom is 0.166 e. The van der Waals surface area contributed by atoms with Gasteiger partial charge in [0.15, 0.2) is 7.14 Å². The lowest BCUT2D eigenvalue weighted by Gasteiger charge is -2.34. The molecule has 0 bridgehead atoms. The van der Waals surface area contributed by atoms with Gasteiger partial charge in [0, 0.05) is 10.6 Å². The van der Waals surface area contributed by atoms with Gasteiger partial charge in [-0.3, -0.25) is 0 Å². The Morgan fingerprint density at radius 3 is 1.50 bits per heavy atom. The third kappa shape index (κ3) is 4.15. The second-order valence-electron chi connectivity index (χ2n) is 7.20. The number of hydroxylamine groups is 2. The summed E-state index contributed by atoms with van der Waals surface area (Å²) in [4.78, 5) is 0. The van der Waals surface area contributed by atoms with Crippen molar-refractivity contribution in [1.29, 1.82) is 0 Å². The largest absolute Gasteiger partial charge is 0.313 e. The smallest absolute Gasteiger partial charge is 0.166 e. The molecule has 4 heteroatoms. The van der Waals surface area contributed by atoms with E-state index in [9.17, 15) is 9.77 Å². The molecule has 1 unspecified atom stereocenters. The molecule has 0 spiro atoms. The van der Waals surface area contributed by atoms with Crippen molar-refractivity contribution in [1.82, 2.24) is 5.06 Å². The van der Waals surface area contributed by atoms with Crippen molar-refractivity contribution in [2.45, 2.75) is 12.3 Å². The summed E-state index contributed by atoms with van der Waals surface area (Å²) in [5, 5.41) is 14.0. The highest BCUT2D eigenvalue weighted by molar-refractivity contribution is 7.78. The lowest BCUT2D eigenvalue weighted by Crippen LogP contribution is -2.32. The molecule has 4 aromatic rings. The van der Waals surface area contributed by atoms with Crippen molar-refractivity contribution < 1.29 is 9.77 Å².